The van der Waals surface area contributed by atoms with Crippen molar-refractivity contribution in [3.05, 3.63) is 29.0 Å². The van der Waals surface area contributed by atoms with E-state index < -0.39 is 5.91 Å². The summed E-state index contributed by atoms with van der Waals surface area (Å²) in [7, 11) is 0. The van der Waals surface area contributed by atoms with Crippen molar-refractivity contribution in [2.24, 2.45) is 0 Å². The molecule has 0 aliphatic rings. The van der Waals surface area contributed by atoms with Crippen LogP contribution in [0, 0.1) is 12.3 Å². The van der Waals surface area contributed by atoms with Gasteiger partial charge in [0.1, 0.15) is 17.5 Å². The lowest BCUT2D eigenvalue weighted by Crippen LogP contribution is -2.24. The van der Waals surface area contributed by atoms with E-state index in [9.17, 15) is 4.79 Å². The predicted molar refractivity (Wildman–Crippen MR) is 51.5 cm³/mol. The molecule has 1 aromatic rings. The molecular weight excluding hydrogens is 204 g/mol. The molecular formula is C9H7ClN2O2. The molecule has 0 saturated heterocycles. The van der Waals surface area contributed by atoms with Crippen LogP contribution in [0.15, 0.2) is 18.2 Å². The van der Waals surface area contributed by atoms with Crippen molar-refractivity contribution in [3.63, 3.8) is 0 Å². The van der Waals surface area contributed by atoms with Crippen LogP contribution in [0.25, 0.3) is 0 Å². The van der Waals surface area contributed by atoms with Crippen LogP contribution in [0.2, 0.25) is 5.15 Å². The zero-order valence-electron chi connectivity index (χ0n) is 7.16. The summed E-state index contributed by atoms with van der Waals surface area (Å²) in [6, 6.07) is 4.70. The largest absolute Gasteiger partial charge is 0.293 e. The molecule has 4 nitrogen and oxygen atoms in total. The number of amides is 1. The normalized spacial score (nSPS) is 9.14. The Bertz CT molecular complexity index is 373. The van der Waals surface area contributed by atoms with E-state index in [1.54, 1.807) is 12.1 Å². The fourth-order valence-corrected chi connectivity index (χ4v) is 0.894. The average molecular weight is 211 g/mol. The topological polar surface area (TPSA) is 51.2 Å². The Morgan fingerprint density at radius 2 is 2.50 bits per heavy atom. The summed E-state index contributed by atoms with van der Waals surface area (Å²) in [5.41, 5.74) is 2.30. The third-order valence-electron chi connectivity index (χ3n) is 1.27. The first-order chi connectivity index (χ1) is 6.74. The van der Waals surface area contributed by atoms with E-state index in [4.69, 9.17) is 18.0 Å². The Hall–Kier alpha value is -1.57. The van der Waals surface area contributed by atoms with Gasteiger partial charge in [0.2, 0.25) is 0 Å². The summed E-state index contributed by atoms with van der Waals surface area (Å²) < 4.78 is 0. The summed E-state index contributed by atoms with van der Waals surface area (Å²) in [5.74, 6) is 1.72. The molecule has 0 spiro atoms. The Morgan fingerprint density at radius 3 is 3.14 bits per heavy atom. The number of carbonyl (C=O) groups excluding carboxylic acids is 1. The van der Waals surface area contributed by atoms with Crippen LogP contribution in [0.3, 0.4) is 0 Å². The van der Waals surface area contributed by atoms with Crippen molar-refractivity contribution < 1.29 is 9.63 Å². The lowest BCUT2D eigenvalue weighted by molar-refractivity contribution is 0.0433. The molecule has 1 rings (SSSR count). The number of terminal acetylenes is 1. The van der Waals surface area contributed by atoms with E-state index in [0.717, 1.165) is 0 Å². The van der Waals surface area contributed by atoms with Gasteiger partial charge in [0.05, 0.1) is 0 Å². The maximum atomic E-state index is 11.2. The molecule has 0 atom stereocenters. The van der Waals surface area contributed by atoms with E-state index in [2.05, 4.69) is 21.2 Å². The summed E-state index contributed by atoms with van der Waals surface area (Å²) in [6.07, 6.45) is 4.91. The first-order valence-electron chi connectivity index (χ1n) is 3.72. The number of hydrogen-bond donors (Lipinski definition) is 1. The summed E-state index contributed by atoms with van der Waals surface area (Å²) in [6.45, 7) is 0.00626. The number of nitrogens with one attached hydrogen (secondary N) is 1. The summed E-state index contributed by atoms with van der Waals surface area (Å²) in [4.78, 5) is 19.6. The van der Waals surface area contributed by atoms with Gasteiger partial charge in [-0.1, -0.05) is 23.6 Å². The molecule has 1 heterocycles. The van der Waals surface area contributed by atoms with E-state index in [1.807, 2.05) is 0 Å². The lowest BCUT2D eigenvalue weighted by Gasteiger charge is -2.01. The molecule has 0 saturated carbocycles. The van der Waals surface area contributed by atoms with Crippen molar-refractivity contribution in [1.29, 1.82) is 0 Å². The van der Waals surface area contributed by atoms with Crippen LogP contribution in [-0.4, -0.2) is 17.5 Å². The highest BCUT2D eigenvalue weighted by molar-refractivity contribution is 6.29. The van der Waals surface area contributed by atoms with Gasteiger partial charge < -0.3 is 0 Å². The van der Waals surface area contributed by atoms with Crippen molar-refractivity contribution in [2.45, 2.75) is 0 Å². The molecule has 1 N–H and O–H groups in total. The molecule has 1 amide bonds. The van der Waals surface area contributed by atoms with Gasteiger partial charge >= 0.3 is 0 Å². The number of hydroxylamine groups is 1. The van der Waals surface area contributed by atoms with Gasteiger partial charge in [0, 0.05) is 0 Å². The van der Waals surface area contributed by atoms with Crippen LogP contribution in [-0.2, 0) is 4.84 Å². The summed E-state index contributed by atoms with van der Waals surface area (Å²) >= 11 is 5.59. The number of carbonyl (C=O) groups is 1. The maximum absolute atomic E-state index is 11.2. The molecule has 0 radical (unpaired) electrons. The fraction of sp³-hybridized carbons (Fsp3) is 0.111. The smallest absolute Gasteiger partial charge is 0.265 e. The molecule has 5 heteroatoms. The highest BCUT2D eigenvalue weighted by Gasteiger charge is 2.06. The molecule has 72 valence electrons. The third kappa shape index (κ3) is 3.05. The van der Waals surface area contributed by atoms with Gasteiger partial charge in [-0.3, -0.25) is 9.63 Å². The van der Waals surface area contributed by atoms with E-state index in [-0.39, 0.29) is 17.5 Å². The van der Waals surface area contributed by atoms with Gasteiger partial charge in [0.25, 0.3) is 5.91 Å². The van der Waals surface area contributed by atoms with Gasteiger partial charge in [-0.05, 0) is 12.1 Å². The fourth-order valence-electron chi connectivity index (χ4n) is 0.730. The van der Waals surface area contributed by atoms with E-state index >= 15 is 0 Å². The monoisotopic (exact) mass is 210 g/mol. The Kier molecular flexibility index (Phi) is 3.92. The highest BCUT2D eigenvalue weighted by Crippen LogP contribution is 2.04. The number of hydrogen-bond acceptors (Lipinski definition) is 3. The molecule has 0 aromatic carbocycles. The zero-order valence-corrected chi connectivity index (χ0v) is 7.91. The van der Waals surface area contributed by atoms with Crippen LogP contribution < -0.4 is 5.48 Å². The zero-order chi connectivity index (χ0) is 10.4. The van der Waals surface area contributed by atoms with Crippen LogP contribution in [0.4, 0.5) is 0 Å². The molecule has 0 unspecified atom stereocenters. The molecule has 0 fully saturated rings. The van der Waals surface area contributed by atoms with Gasteiger partial charge in [-0.2, -0.15) is 0 Å². The Labute approximate surface area is 86.2 Å². The quantitative estimate of drug-likeness (QED) is 0.351. The van der Waals surface area contributed by atoms with Crippen LogP contribution >= 0.6 is 11.6 Å². The average Bonchev–Trinajstić information content (AvgIpc) is 2.18. The number of pyridine rings is 1. The number of halogens is 1. The van der Waals surface area contributed by atoms with Crippen molar-refractivity contribution in [1.82, 2.24) is 10.5 Å². The minimum Gasteiger partial charge on any atom is -0.265 e. The second-order valence-electron chi connectivity index (χ2n) is 2.27. The summed E-state index contributed by atoms with van der Waals surface area (Å²) in [5, 5.41) is 0.245. The molecule has 14 heavy (non-hydrogen) atoms. The molecule has 1 aromatic heterocycles. The van der Waals surface area contributed by atoms with E-state index in [1.165, 1.54) is 6.07 Å². The van der Waals surface area contributed by atoms with Crippen molar-refractivity contribution in [3.8, 4) is 12.3 Å². The standard InChI is InChI=1S/C9H7ClN2O2/c1-2-6-14-12-9(13)7-4-3-5-8(10)11-7/h1,3-5H,6H2,(H,12,13). The van der Waals surface area contributed by atoms with Gasteiger partial charge in [0.15, 0.2) is 0 Å². The highest BCUT2D eigenvalue weighted by atomic mass is 35.5. The SMILES string of the molecule is C#CCONC(=O)c1cccc(Cl)n1. The molecule has 0 aliphatic heterocycles. The van der Waals surface area contributed by atoms with E-state index in [0.29, 0.717) is 0 Å². The maximum Gasteiger partial charge on any atom is 0.293 e. The predicted octanol–water partition coefficient (Wildman–Crippen LogP) is 1.03. The van der Waals surface area contributed by atoms with Crippen molar-refractivity contribution in [2.75, 3.05) is 6.61 Å². The Balaban J connectivity index is 2.57. The van der Waals surface area contributed by atoms with Gasteiger partial charge in [-0.15, -0.1) is 6.42 Å². The second kappa shape index (κ2) is 5.22. The number of rotatable bonds is 3. The number of nitrogens with zero attached hydrogens (tertiary/aromatic N) is 1. The lowest BCUT2D eigenvalue weighted by atomic mass is 10.3. The number of aromatic nitrogens is 1. The minimum atomic E-state index is -0.484. The van der Waals surface area contributed by atoms with Crippen LogP contribution in [0.1, 0.15) is 10.5 Å². The molecule has 0 aliphatic carbocycles. The Morgan fingerprint density at radius 1 is 1.71 bits per heavy atom. The second-order valence-corrected chi connectivity index (χ2v) is 2.66. The first-order valence-corrected chi connectivity index (χ1v) is 4.10. The van der Waals surface area contributed by atoms with Crippen molar-refractivity contribution >= 4 is 17.5 Å². The first kappa shape index (κ1) is 10.5. The minimum absolute atomic E-state index is 0.00626. The molecule has 0 bridgehead atoms. The third-order valence-corrected chi connectivity index (χ3v) is 1.48. The van der Waals surface area contributed by atoms with Gasteiger partial charge in [-0.25, -0.2) is 10.5 Å². The van der Waals surface area contributed by atoms with Crippen LogP contribution in [0.5, 0.6) is 0 Å².